The van der Waals surface area contributed by atoms with E-state index in [9.17, 15) is 4.79 Å². The van der Waals surface area contributed by atoms with Crippen LogP contribution in [0.1, 0.15) is 37.0 Å². The molecule has 0 atom stereocenters. The lowest BCUT2D eigenvalue weighted by Gasteiger charge is -2.14. The molecule has 0 fully saturated rings. The van der Waals surface area contributed by atoms with Crippen molar-refractivity contribution in [3.63, 3.8) is 0 Å². The normalized spacial score (nSPS) is 10.4. The van der Waals surface area contributed by atoms with Gasteiger partial charge in [-0.3, -0.25) is 4.79 Å². The molecule has 0 saturated heterocycles. The molecule has 0 saturated carbocycles. The Morgan fingerprint density at radius 1 is 1.13 bits per heavy atom. The Balaban J connectivity index is 2.18. The zero-order valence-corrected chi connectivity index (χ0v) is 15.3. The van der Waals surface area contributed by atoms with Gasteiger partial charge in [0.25, 0.3) is 0 Å². The molecule has 3 nitrogen and oxygen atoms in total. The molecule has 0 unspecified atom stereocenters. The maximum absolute atomic E-state index is 11.6. The molecule has 4 heteroatoms. The van der Waals surface area contributed by atoms with E-state index in [-0.39, 0.29) is 5.97 Å². The summed E-state index contributed by atoms with van der Waals surface area (Å²) in [7, 11) is 0. The third-order valence-electron chi connectivity index (χ3n) is 3.61. The quantitative estimate of drug-likeness (QED) is 0.512. The van der Waals surface area contributed by atoms with Crippen LogP contribution < -0.4 is 9.47 Å². The summed E-state index contributed by atoms with van der Waals surface area (Å²) in [5, 5.41) is 0. The van der Waals surface area contributed by atoms with Gasteiger partial charge in [0.2, 0.25) is 0 Å². The van der Waals surface area contributed by atoms with Gasteiger partial charge < -0.3 is 9.47 Å². The van der Waals surface area contributed by atoms with E-state index >= 15 is 0 Å². The summed E-state index contributed by atoms with van der Waals surface area (Å²) in [6.07, 6.45) is 1.34. The third kappa shape index (κ3) is 4.58. The number of hydrogen-bond donors (Lipinski definition) is 0. The van der Waals surface area contributed by atoms with Crippen LogP contribution in [-0.4, -0.2) is 5.97 Å². The second kappa shape index (κ2) is 8.16. The van der Waals surface area contributed by atoms with E-state index in [0.29, 0.717) is 18.8 Å². The highest BCUT2D eigenvalue weighted by molar-refractivity contribution is 9.10. The Labute approximate surface area is 145 Å². The predicted molar refractivity (Wildman–Crippen MR) is 95.0 cm³/mol. The van der Waals surface area contributed by atoms with Crippen molar-refractivity contribution in [3.8, 4) is 11.5 Å². The molecule has 23 heavy (non-hydrogen) atoms. The topological polar surface area (TPSA) is 35.5 Å². The fraction of sp³-hybridized carbons (Fsp3) is 0.316. The van der Waals surface area contributed by atoms with E-state index < -0.39 is 0 Å². The summed E-state index contributed by atoms with van der Waals surface area (Å²) in [5.74, 6) is 1.12. The maximum atomic E-state index is 11.6. The largest absolute Gasteiger partial charge is 0.488 e. The van der Waals surface area contributed by atoms with Crippen molar-refractivity contribution in [2.75, 3.05) is 0 Å². The summed E-state index contributed by atoms with van der Waals surface area (Å²) in [6, 6.07) is 11.7. The van der Waals surface area contributed by atoms with Crippen LogP contribution in [0.5, 0.6) is 11.5 Å². The summed E-state index contributed by atoms with van der Waals surface area (Å²) >= 11 is 3.50. The fourth-order valence-electron chi connectivity index (χ4n) is 2.21. The summed E-state index contributed by atoms with van der Waals surface area (Å²) < 4.78 is 12.2. The number of aryl methyl sites for hydroxylation is 2. The molecule has 0 aliphatic rings. The van der Waals surface area contributed by atoms with Gasteiger partial charge in [-0.15, -0.1) is 0 Å². The van der Waals surface area contributed by atoms with Crippen molar-refractivity contribution in [2.24, 2.45) is 0 Å². The highest BCUT2D eigenvalue weighted by Crippen LogP contribution is 2.29. The second-order valence-electron chi connectivity index (χ2n) is 5.29. The molecule has 0 spiro atoms. The van der Waals surface area contributed by atoms with Crippen molar-refractivity contribution in [2.45, 2.75) is 40.2 Å². The van der Waals surface area contributed by atoms with Gasteiger partial charge in [0.15, 0.2) is 0 Å². The van der Waals surface area contributed by atoms with Crippen LogP contribution in [0, 0.1) is 6.92 Å². The summed E-state index contributed by atoms with van der Waals surface area (Å²) in [6.45, 7) is 6.27. The number of carbonyl (C=O) groups excluding carboxylic acids is 1. The van der Waals surface area contributed by atoms with Crippen LogP contribution in [0.25, 0.3) is 0 Å². The van der Waals surface area contributed by atoms with Crippen LogP contribution in [-0.2, 0) is 17.8 Å². The van der Waals surface area contributed by atoms with Crippen LogP contribution in [0.15, 0.2) is 40.9 Å². The van der Waals surface area contributed by atoms with Crippen molar-refractivity contribution in [3.05, 3.63) is 57.6 Å². The first-order valence-corrected chi connectivity index (χ1v) is 8.54. The second-order valence-corrected chi connectivity index (χ2v) is 6.14. The molecule has 0 heterocycles. The summed E-state index contributed by atoms with van der Waals surface area (Å²) in [4.78, 5) is 11.6. The molecule has 122 valence electrons. The van der Waals surface area contributed by atoms with Gasteiger partial charge in [-0.2, -0.15) is 0 Å². The van der Waals surface area contributed by atoms with E-state index in [1.807, 2.05) is 25.1 Å². The number of ether oxygens (including phenoxy) is 2. The smallest absolute Gasteiger partial charge is 0.310 e. The van der Waals surface area contributed by atoms with Gasteiger partial charge in [0.1, 0.15) is 18.1 Å². The molecular formula is C19H21BrO3. The predicted octanol–water partition coefficient (Wildman–Crippen LogP) is 5.21. The minimum absolute atomic E-state index is 0.257. The van der Waals surface area contributed by atoms with Crippen molar-refractivity contribution in [1.82, 2.24) is 0 Å². The van der Waals surface area contributed by atoms with Gasteiger partial charge in [0, 0.05) is 16.5 Å². The molecule has 2 aromatic rings. The van der Waals surface area contributed by atoms with Crippen LogP contribution in [0.3, 0.4) is 0 Å². The lowest BCUT2D eigenvalue weighted by molar-refractivity contribution is -0.134. The van der Waals surface area contributed by atoms with Gasteiger partial charge >= 0.3 is 5.97 Å². The first-order chi connectivity index (χ1) is 11.0. The molecule has 0 aromatic heterocycles. The first-order valence-electron chi connectivity index (χ1n) is 7.75. The molecule has 0 amide bonds. The fourth-order valence-corrected chi connectivity index (χ4v) is 2.68. The average molecular weight is 377 g/mol. The lowest BCUT2D eigenvalue weighted by Crippen LogP contribution is -2.09. The number of esters is 1. The number of rotatable bonds is 6. The maximum Gasteiger partial charge on any atom is 0.310 e. The lowest BCUT2D eigenvalue weighted by atomic mass is 10.1. The number of carbonyl (C=O) groups is 1. The number of hydrogen-bond acceptors (Lipinski definition) is 3. The zero-order chi connectivity index (χ0) is 16.8. The standard InChI is InChI=1S/C19H21BrO3/c1-4-14-9-10-17(13(3)11-14)22-12-15-16(20)7-6-8-18(15)23-19(21)5-2/h6-11H,4-5,12H2,1-3H3. The Kier molecular flexibility index (Phi) is 6.22. The number of halogens is 1. The molecular weight excluding hydrogens is 356 g/mol. The van der Waals surface area contributed by atoms with Gasteiger partial charge in [-0.25, -0.2) is 0 Å². The van der Waals surface area contributed by atoms with Crippen LogP contribution in [0.2, 0.25) is 0 Å². The van der Waals surface area contributed by atoms with Gasteiger partial charge in [-0.1, -0.05) is 48.0 Å². The monoisotopic (exact) mass is 376 g/mol. The van der Waals surface area contributed by atoms with E-state index in [0.717, 1.165) is 27.8 Å². The highest BCUT2D eigenvalue weighted by atomic mass is 79.9. The summed E-state index contributed by atoms with van der Waals surface area (Å²) in [5.41, 5.74) is 3.21. The Morgan fingerprint density at radius 3 is 2.57 bits per heavy atom. The van der Waals surface area contributed by atoms with Crippen molar-refractivity contribution < 1.29 is 14.3 Å². The minimum Gasteiger partial charge on any atom is -0.488 e. The van der Waals surface area contributed by atoms with E-state index in [1.54, 1.807) is 13.0 Å². The zero-order valence-electron chi connectivity index (χ0n) is 13.7. The Morgan fingerprint density at radius 2 is 1.91 bits per heavy atom. The molecule has 0 aliphatic heterocycles. The Hall–Kier alpha value is -1.81. The van der Waals surface area contributed by atoms with Gasteiger partial charge in [-0.05, 0) is 42.7 Å². The molecule has 0 radical (unpaired) electrons. The number of benzene rings is 2. The van der Waals surface area contributed by atoms with Crippen LogP contribution >= 0.6 is 15.9 Å². The SMILES string of the molecule is CCC(=O)Oc1cccc(Br)c1COc1ccc(CC)cc1C. The third-order valence-corrected chi connectivity index (χ3v) is 4.35. The first kappa shape index (κ1) is 17.5. The van der Waals surface area contributed by atoms with Crippen molar-refractivity contribution >= 4 is 21.9 Å². The molecule has 2 aromatic carbocycles. The molecule has 0 aliphatic carbocycles. The van der Waals surface area contributed by atoms with Crippen molar-refractivity contribution in [1.29, 1.82) is 0 Å². The molecule has 0 bridgehead atoms. The average Bonchev–Trinajstić information content (AvgIpc) is 2.55. The minimum atomic E-state index is -0.257. The highest BCUT2D eigenvalue weighted by Gasteiger charge is 2.12. The van der Waals surface area contributed by atoms with Gasteiger partial charge in [0.05, 0.1) is 0 Å². The Bertz CT molecular complexity index is 695. The van der Waals surface area contributed by atoms with Crippen LogP contribution in [0.4, 0.5) is 0 Å². The molecule has 2 rings (SSSR count). The van der Waals surface area contributed by atoms with E-state index in [1.165, 1.54) is 5.56 Å². The van der Waals surface area contributed by atoms with E-state index in [2.05, 4.69) is 35.0 Å². The van der Waals surface area contributed by atoms with E-state index in [4.69, 9.17) is 9.47 Å². The molecule has 0 N–H and O–H groups in total.